The number of carbonyl (C=O) groups excluding carboxylic acids is 1. The highest BCUT2D eigenvalue weighted by molar-refractivity contribution is 5.94. The van der Waals surface area contributed by atoms with Crippen LogP contribution in [0.25, 0.3) is 11.4 Å². The molecule has 13 heteroatoms. The summed E-state index contributed by atoms with van der Waals surface area (Å²) in [5, 5.41) is 4.98. The molecule has 0 saturated heterocycles. The Morgan fingerprint density at radius 2 is 1.93 bits per heavy atom. The predicted octanol–water partition coefficient (Wildman–Crippen LogP) is 3.91. The molecular formula is C15H9F8N3O2. The summed E-state index contributed by atoms with van der Waals surface area (Å²) in [6, 6.07) is 2.48. The molecule has 2 aromatic rings. The standard InChI is InChI=1S/C15H9F8N3O2/c16-9-3-6(11(27)24-5-7-4-13(17,18)14(7,19)20)1-2-8(9)10-25-12(28-26-10)15(21,22)23/h1-3,7H,4-5H2,(H,24,27). The van der Waals surface area contributed by atoms with E-state index in [9.17, 15) is 39.9 Å². The van der Waals surface area contributed by atoms with E-state index in [0.29, 0.717) is 6.07 Å². The maximum Gasteiger partial charge on any atom is 0.471 e. The molecule has 1 atom stereocenters. The summed E-state index contributed by atoms with van der Waals surface area (Å²) in [7, 11) is 0. The van der Waals surface area contributed by atoms with Crippen LogP contribution in [0.3, 0.4) is 0 Å². The summed E-state index contributed by atoms with van der Waals surface area (Å²) >= 11 is 0. The summed E-state index contributed by atoms with van der Waals surface area (Å²) < 4.78 is 107. The normalized spacial score (nSPS) is 20.5. The van der Waals surface area contributed by atoms with E-state index in [-0.39, 0.29) is 5.56 Å². The Balaban J connectivity index is 1.69. The number of alkyl halides is 7. The third kappa shape index (κ3) is 3.40. The molecular weight excluding hydrogens is 406 g/mol. The third-order valence-electron chi connectivity index (χ3n) is 4.15. The van der Waals surface area contributed by atoms with Crippen molar-refractivity contribution in [1.29, 1.82) is 0 Å². The molecule has 1 heterocycles. The molecule has 0 aliphatic heterocycles. The fraction of sp³-hybridized carbons (Fsp3) is 0.400. The van der Waals surface area contributed by atoms with Gasteiger partial charge in [0.05, 0.1) is 11.5 Å². The SMILES string of the molecule is O=C(NCC1CC(F)(F)C1(F)F)c1ccc(-c2noc(C(F)(F)F)n2)c(F)c1. The second-order valence-corrected chi connectivity index (χ2v) is 6.05. The van der Waals surface area contributed by atoms with E-state index in [4.69, 9.17) is 0 Å². The molecule has 0 spiro atoms. The Bertz CT molecular complexity index is 909. The molecule has 1 amide bonds. The van der Waals surface area contributed by atoms with E-state index in [0.717, 1.165) is 12.1 Å². The van der Waals surface area contributed by atoms with Crippen LogP contribution in [0.5, 0.6) is 0 Å². The van der Waals surface area contributed by atoms with Gasteiger partial charge in [-0.05, 0) is 18.2 Å². The topological polar surface area (TPSA) is 68.0 Å². The lowest BCUT2D eigenvalue weighted by Gasteiger charge is -2.43. The Morgan fingerprint density at radius 3 is 2.43 bits per heavy atom. The van der Waals surface area contributed by atoms with Crippen molar-refractivity contribution in [2.75, 3.05) is 6.54 Å². The van der Waals surface area contributed by atoms with Crippen molar-refractivity contribution in [2.45, 2.75) is 24.4 Å². The van der Waals surface area contributed by atoms with Gasteiger partial charge in [0.15, 0.2) is 0 Å². The molecule has 28 heavy (non-hydrogen) atoms. The van der Waals surface area contributed by atoms with Crippen LogP contribution in [0, 0.1) is 11.7 Å². The molecule has 1 unspecified atom stereocenters. The summed E-state index contributed by atoms with van der Waals surface area (Å²) in [5.41, 5.74) is -0.865. The summed E-state index contributed by atoms with van der Waals surface area (Å²) in [5.74, 6) is -14.8. The second-order valence-electron chi connectivity index (χ2n) is 6.05. The first-order valence-corrected chi connectivity index (χ1v) is 7.57. The van der Waals surface area contributed by atoms with E-state index >= 15 is 0 Å². The average molecular weight is 415 g/mol. The van der Waals surface area contributed by atoms with Gasteiger partial charge in [-0.3, -0.25) is 4.79 Å². The number of amides is 1. The van der Waals surface area contributed by atoms with Crippen LogP contribution in [0.2, 0.25) is 0 Å². The van der Waals surface area contributed by atoms with Crippen molar-refractivity contribution < 1.29 is 44.4 Å². The Hall–Kier alpha value is -2.73. The second kappa shape index (κ2) is 6.41. The lowest BCUT2D eigenvalue weighted by Crippen LogP contribution is -2.61. The molecule has 1 fully saturated rings. The molecule has 0 radical (unpaired) electrons. The molecule has 1 saturated carbocycles. The Kier molecular flexibility index (Phi) is 4.58. The zero-order valence-corrected chi connectivity index (χ0v) is 13.5. The minimum atomic E-state index is -4.93. The number of hydrogen-bond donors (Lipinski definition) is 1. The fourth-order valence-corrected chi connectivity index (χ4v) is 2.55. The molecule has 1 aliphatic carbocycles. The first kappa shape index (κ1) is 20.0. The van der Waals surface area contributed by atoms with Gasteiger partial charge < -0.3 is 9.84 Å². The van der Waals surface area contributed by atoms with E-state index in [2.05, 4.69) is 14.7 Å². The third-order valence-corrected chi connectivity index (χ3v) is 4.15. The molecule has 1 aromatic heterocycles. The van der Waals surface area contributed by atoms with Gasteiger partial charge in [0, 0.05) is 18.5 Å². The molecule has 1 aromatic carbocycles. The van der Waals surface area contributed by atoms with Gasteiger partial charge in [0.2, 0.25) is 5.82 Å². The highest BCUT2D eigenvalue weighted by Gasteiger charge is 2.71. The van der Waals surface area contributed by atoms with Crippen LogP contribution >= 0.6 is 0 Å². The summed E-state index contributed by atoms with van der Waals surface area (Å²) in [6.07, 6.45) is -6.03. The van der Waals surface area contributed by atoms with Crippen LogP contribution < -0.4 is 5.32 Å². The lowest BCUT2D eigenvalue weighted by molar-refractivity contribution is -0.311. The quantitative estimate of drug-likeness (QED) is 0.769. The van der Waals surface area contributed by atoms with Gasteiger partial charge in [-0.1, -0.05) is 5.16 Å². The lowest BCUT2D eigenvalue weighted by atomic mass is 9.76. The molecule has 0 bridgehead atoms. The van der Waals surface area contributed by atoms with Crippen molar-refractivity contribution in [3.05, 3.63) is 35.5 Å². The number of benzene rings is 1. The zero-order valence-electron chi connectivity index (χ0n) is 13.5. The smallest absolute Gasteiger partial charge is 0.352 e. The van der Waals surface area contributed by atoms with E-state index in [1.54, 1.807) is 0 Å². The van der Waals surface area contributed by atoms with Crippen LogP contribution in [-0.2, 0) is 6.18 Å². The van der Waals surface area contributed by atoms with Crippen LogP contribution in [0.15, 0.2) is 22.7 Å². The van der Waals surface area contributed by atoms with Gasteiger partial charge in [-0.15, -0.1) is 0 Å². The monoisotopic (exact) mass is 415 g/mol. The average Bonchev–Trinajstić information content (AvgIpc) is 3.08. The number of carbonyl (C=O) groups is 1. The molecule has 1 N–H and O–H groups in total. The summed E-state index contributed by atoms with van der Waals surface area (Å²) in [6.45, 7) is -0.759. The van der Waals surface area contributed by atoms with E-state index in [1.165, 1.54) is 0 Å². The van der Waals surface area contributed by atoms with Gasteiger partial charge in [-0.25, -0.2) is 4.39 Å². The minimum Gasteiger partial charge on any atom is -0.352 e. The predicted molar refractivity (Wildman–Crippen MR) is 75.0 cm³/mol. The molecule has 152 valence electrons. The Labute approximate surface area is 150 Å². The van der Waals surface area contributed by atoms with Crippen LogP contribution in [0.4, 0.5) is 35.1 Å². The maximum absolute atomic E-state index is 14.1. The minimum absolute atomic E-state index is 0.366. The summed E-state index contributed by atoms with van der Waals surface area (Å²) in [4.78, 5) is 14.9. The van der Waals surface area contributed by atoms with Crippen molar-refractivity contribution in [3.63, 3.8) is 0 Å². The van der Waals surface area contributed by atoms with Gasteiger partial charge in [0.25, 0.3) is 5.91 Å². The number of hydrogen-bond acceptors (Lipinski definition) is 4. The van der Waals surface area contributed by atoms with Gasteiger partial charge in [-0.2, -0.15) is 35.7 Å². The first-order chi connectivity index (χ1) is 12.8. The van der Waals surface area contributed by atoms with Gasteiger partial charge in [0.1, 0.15) is 5.82 Å². The zero-order chi connectivity index (χ0) is 20.9. The van der Waals surface area contributed by atoms with E-state index in [1.807, 2.05) is 5.32 Å². The highest BCUT2D eigenvalue weighted by Crippen LogP contribution is 2.54. The fourth-order valence-electron chi connectivity index (χ4n) is 2.55. The molecule has 3 rings (SSSR count). The van der Waals surface area contributed by atoms with Crippen molar-refractivity contribution in [3.8, 4) is 11.4 Å². The number of nitrogens with one attached hydrogen (secondary N) is 1. The molecule has 5 nitrogen and oxygen atoms in total. The number of halogens is 8. The maximum atomic E-state index is 14.1. The Morgan fingerprint density at radius 1 is 1.25 bits per heavy atom. The number of rotatable bonds is 4. The van der Waals surface area contributed by atoms with E-state index < -0.39 is 65.9 Å². The number of nitrogens with zero attached hydrogens (tertiary/aromatic N) is 2. The van der Waals surface area contributed by atoms with Gasteiger partial charge >= 0.3 is 23.9 Å². The molecule has 1 aliphatic rings. The van der Waals surface area contributed by atoms with Crippen LogP contribution in [-0.4, -0.2) is 34.4 Å². The van der Waals surface area contributed by atoms with Crippen LogP contribution in [0.1, 0.15) is 22.7 Å². The van der Waals surface area contributed by atoms with Crippen molar-refractivity contribution >= 4 is 5.91 Å². The van der Waals surface area contributed by atoms with Crippen molar-refractivity contribution in [1.82, 2.24) is 15.5 Å². The highest BCUT2D eigenvalue weighted by atomic mass is 19.4. The largest absolute Gasteiger partial charge is 0.471 e. The first-order valence-electron chi connectivity index (χ1n) is 7.57. The van der Waals surface area contributed by atoms with Crippen molar-refractivity contribution in [2.24, 2.45) is 5.92 Å². The number of aromatic nitrogens is 2.